The number of aliphatic hydroxyl groups is 1. The zero-order valence-corrected chi connectivity index (χ0v) is 23.6. The van der Waals surface area contributed by atoms with E-state index >= 15 is 0 Å². The van der Waals surface area contributed by atoms with E-state index in [0.29, 0.717) is 53.3 Å². The third-order valence-corrected chi connectivity index (χ3v) is 8.73. The van der Waals surface area contributed by atoms with Crippen molar-refractivity contribution >= 4 is 35.0 Å². The Labute approximate surface area is 244 Å². The molecule has 2 bridgehead atoms. The van der Waals surface area contributed by atoms with Crippen molar-refractivity contribution in [3.8, 4) is 11.1 Å². The number of fused-ring (bicyclic) bond motifs is 5. The van der Waals surface area contributed by atoms with E-state index < -0.39 is 6.09 Å². The molecule has 8 nitrogen and oxygen atoms in total. The topological polar surface area (TPSA) is 103 Å². The van der Waals surface area contributed by atoms with Crippen LogP contribution in [0.2, 0.25) is 5.02 Å². The van der Waals surface area contributed by atoms with Gasteiger partial charge in [-0.2, -0.15) is 0 Å². The number of carbonyl (C=O) groups is 2. The highest BCUT2D eigenvalue weighted by atomic mass is 35.5. The van der Waals surface area contributed by atoms with Crippen molar-refractivity contribution in [2.75, 3.05) is 17.7 Å². The highest BCUT2D eigenvalue weighted by Gasteiger charge is 2.62. The van der Waals surface area contributed by atoms with E-state index in [4.69, 9.17) is 21.1 Å². The summed E-state index contributed by atoms with van der Waals surface area (Å²) < 4.78 is 11.7. The second-order valence-electron chi connectivity index (χ2n) is 11.1. The number of hydrogen-bond donors (Lipinski definition) is 3. The summed E-state index contributed by atoms with van der Waals surface area (Å²) >= 11 is 6.22. The van der Waals surface area contributed by atoms with Crippen LogP contribution in [0.3, 0.4) is 0 Å². The molecular formula is C32H34ClN3O5. The number of rotatable bonds is 9. The number of nitrogens with zero attached hydrogens (tertiary/aromatic N) is 1. The van der Waals surface area contributed by atoms with Gasteiger partial charge in [0.2, 0.25) is 5.91 Å². The number of carbonyl (C=O) groups excluding carboxylic acids is 2. The fourth-order valence-electron chi connectivity index (χ4n) is 6.23. The molecule has 1 unspecified atom stereocenters. The van der Waals surface area contributed by atoms with Crippen LogP contribution < -0.4 is 10.6 Å². The van der Waals surface area contributed by atoms with E-state index in [1.54, 1.807) is 18.2 Å². The highest BCUT2D eigenvalue weighted by Crippen LogP contribution is 2.48. The lowest BCUT2D eigenvalue weighted by molar-refractivity contribution is -0.116. The second-order valence-corrected chi connectivity index (χ2v) is 11.5. The smallest absolute Gasteiger partial charge is 0.411 e. The maximum Gasteiger partial charge on any atom is 0.411 e. The first-order valence-corrected chi connectivity index (χ1v) is 14.5. The lowest BCUT2D eigenvalue weighted by Gasteiger charge is -2.37. The molecule has 0 spiro atoms. The molecule has 5 atom stereocenters. The molecule has 3 aliphatic rings. The number of piperidine rings is 1. The average molecular weight is 576 g/mol. The van der Waals surface area contributed by atoms with Crippen molar-refractivity contribution in [3.63, 3.8) is 0 Å². The van der Waals surface area contributed by atoms with Gasteiger partial charge in [0.15, 0.2) is 0 Å². The van der Waals surface area contributed by atoms with E-state index in [9.17, 15) is 14.7 Å². The number of epoxide rings is 1. The van der Waals surface area contributed by atoms with Crippen LogP contribution in [-0.2, 0) is 27.3 Å². The van der Waals surface area contributed by atoms with Gasteiger partial charge in [-0.05, 0) is 54.8 Å². The number of morpholine rings is 1. The highest BCUT2D eigenvalue weighted by molar-refractivity contribution is 6.33. The lowest BCUT2D eigenvalue weighted by Crippen LogP contribution is -2.48. The van der Waals surface area contributed by atoms with Crippen molar-refractivity contribution in [1.29, 1.82) is 0 Å². The molecule has 3 heterocycles. The summed E-state index contributed by atoms with van der Waals surface area (Å²) in [4.78, 5) is 28.0. The van der Waals surface area contributed by atoms with Crippen LogP contribution in [0.15, 0.2) is 66.7 Å². The number of likely N-dealkylation sites (N-methyl/N-ethyl adjacent to an activating group) is 1. The molecule has 3 aromatic rings. The zero-order chi connectivity index (χ0) is 28.5. The van der Waals surface area contributed by atoms with E-state index in [1.165, 1.54) is 0 Å². The first kappa shape index (κ1) is 27.7. The predicted molar refractivity (Wildman–Crippen MR) is 158 cm³/mol. The Hall–Kier alpha value is -3.43. The van der Waals surface area contributed by atoms with Gasteiger partial charge in [-0.3, -0.25) is 15.0 Å². The molecule has 3 N–H and O–H groups in total. The summed E-state index contributed by atoms with van der Waals surface area (Å²) in [6.45, 7) is -0.110. The summed E-state index contributed by atoms with van der Waals surface area (Å²) in [5.41, 5.74) is 4.79. The first-order valence-electron chi connectivity index (χ1n) is 14.1. The molecule has 0 aliphatic carbocycles. The van der Waals surface area contributed by atoms with Crippen molar-refractivity contribution in [2.24, 2.45) is 0 Å². The number of amides is 2. The van der Waals surface area contributed by atoms with E-state index in [1.807, 2.05) is 48.5 Å². The van der Waals surface area contributed by atoms with Crippen molar-refractivity contribution in [2.45, 2.75) is 69.1 Å². The summed E-state index contributed by atoms with van der Waals surface area (Å²) in [6.07, 6.45) is 3.15. The number of ether oxygens (including phenoxy) is 2. The Morgan fingerprint density at radius 2 is 1.71 bits per heavy atom. The maximum atomic E-state index is 13.1. The Balaban J connectivity index is 1.08. The minimum Gasteiger partial charge on any atom is -0.446 e. The van der Waals surface area contributed by atoms with E-state index in [0.717, 1.165) is 29.5 Å². The van der Waals surface area contributed by atoms with Crippen LogP contribution in [0.25, 0.3) is 11.1 Å². The molecular weight excluding hydrogens is 542 g/mol. The average Bonchev–Trinajstić information content (AvgIpc) is 3.73. The molecule has 214 valence electrons. The molecule has 6 rings (SSSR count). The number of anilines is 2. The number of halogens is 1. The van der Waals surface area contributed by atoms with E-state index in [2.05, 4.69) is 22.6 Å². The quantitative estimate of drug-likeness (QED) is 0.286. The van der Waals surface area contributed by atoms with Crippen molar-refractivity contribution in [3.05, 3.63) is 82.9 Å². The number of aliphatic hydroxyl groups excluding tert-OH is 1. The van der Waals surface area contributed by atoms with Gasteiger partial charge in [-0.1, -0.05) is 60.1 Å². The van der Waals surface area contributed by atoms with Crippen LogP contribution in [0.5, 0.6) is 0 Å². The summed E-state index contributed by atoms with van der Waals surface area (Å²) in [5, 5.41) is 15.5. The predicted octanol–water partition coefficient (Wildman–Crippen LogP) is 5.62. The van der Waals surface area contributed by atoms with Gasteiger partial charge >= 0.3 is 6.09 Å². The molecule has 0 saturated carbocycles. The lowest BCUT2D eigenvalue weighted by atomic mass is 9.99. The van der Waals surface area contributed by atoms with E-state index in [-0.39, 0.29) is 30.8 Å². The molecule has 0 aromatic heterocycles. The van der Waals surface area contributed by atoms with Crippen molar-refractivity contribution < 1.29 is 24.2 Å². The van der Waals surface area contributed by atoms with Gasteiger partial charge in [0.1, 0.15) is 18.3 Å². The largest absolute Gasteiger partial charge is 0.446 e. The van der Waals surface area contributed by atoms with Gasteiger partial charge in [0.25, 0.3) is 0 Å². The Bertz CT molecular complexity index is 1420. The minimum atomic E-state index is -0.452. The van der Waals surface area contributed by atoms with Crippen LogP contribution in [-0.4, -0.2) is 59.5 Å². The summed E-state index contributed by atoms with van der Waals surface area (Å²) in [7, 11) is 2.13. The molecule has 41 heavy (non-hydrogen) atoms. The molecule has 9 heteroatoms. The molecule has 2 amide bonds. The normalized spacial score (nSPS) is 24.4. The molecule has 3 saturated heterocycles. The monoisotopic (exact) mass is 575 g/mol. The standard InChI is InChI=1S/C32H34ClN3O5/c1-36-27-16-22(17-28(36)31-30(27)41-31)40-32(39)35-26-15-19(10-12-23(26)21-7-3-2-4-8-21)6-5-9-29(38)34-25-13-11-20(18-37)14-24(25)33/h2-4,7-8,10-15,22,27-28,30-31,37H,5-6,9,16-18H2,1H3,(H,34,38)(H,35,39)/t22?,27-,28-,30-,31+/m0/s1. The third kappa shape index (κ3) is 6.11. The Kier molecular flexibility index (Phi) is 7.99. The summed E-state index contributed by atoms with van der Waals surface area (Å²) in [6, 6.07) is 21.6. The molecule has 0 radical (unpaired) electrons. The second kappa shape index (κ2) is 11.8. The third-order valence-electron chi connectivity index (χ3n) is 8.41. The minimum absolute atomic E-state index is 0.110. The van der Waals surface area contributed by atoms with Gasteiger partial charge in [-0.15, -0.1) is 0 Å². The van der Waals surface area contributed by atoms with Crippen LogP contribution in [0, 0.1) is 0 Å². The van der Waals surface area contributed by atoms with Gasteiger partial charge in [0, 0.05) is 36.9 Å². The summed E-state index contributed by atoms with van der Waals surface area (Å²) in [5.74, 6) is -0.137. The number of hydrogen-bond acceptors (Lipinski definition) is 6. The molecule has 3 fully saturated rings. The Morgan fingerprint density at radius 3 is 2.41 bits per heavy atom. The van der Waals surface area contributed by atoms with Crippen LogP contribution in [0.4, 0.5) is 16.2 Å². The van der Waals surface area contributed by atoms with Gasteiger partial charge in [-0.25, -0.2) is 4.79 Å². The number of nitrogens with one attached hydrogen (secondary N) is 2. The fourth-order valence-corrected chi connectivity index (χ4v) is 6.48. The number of aryl methyl sites for hydroxylation is 1. The maximum absolute atomic E-state index is 13.1. The molecule has 3 aliphatic heterocycles. The zero-order valence-electron chi connectivity index (χ0n) is 22.9. The fraction of sp³-hybridized carbons (Fsp3) is 0.375. The van der Waals surface area contributed by atoms with Crippen LogP contribution in [0.1, 0.15) is 36.8 Å². The Morgan fingerprint density at radius 1 is 0.976 bits per heavy atom. The van der Waals surface area contributed by atoms with Crippen molar-refractivity contribution in [1.82, 2.24) is 4.90 Å². The van der Waals surface area contributed by atoms with Crippen LogP contribution >= 0.6 is 11.6 Å². The number of benzene rings is 3. The first-order chi connectivity index (χ1) is 19.9. The van der Waals surface area contributed by atoms with Gasteiger partial charge < -0.3 is 19.9 Å². The van der Waals surface area contributed by atoms with Gasteiger partial charge in [0.05, 0.1) is 23.0 Å². The SMILES string of the molecule is CN1[C@H]2CC(OC(=O)Nc3cc(CCCC(=O)Nc4ccc(CO)cc4Cl)ccc3-c3ccccc3)C[C@H]1[C@H]1O[C@H]12. The molecule has 3 aromatic carbocycles.